The molecule has 7 heteroatoms. The molecule has 2 unspecified atom stereocenters. The van der Waals surface area contributed by atoms with Gasteiger partial charge in [0.2, 0.25) is 5.91 Å². The number of halogens is 2. The highest BCUT2D eigenvalue weighted by Gasteiger charge is 2.38. The summed E-state index contributed by atoms with van der Waals surface area (Å²) in [7, 11) is 1.94. The third kappa shape index (κ3) is 4.54. The van der Waals surface area contributed by atoms with Crippen molar-refractivity contribution in [2.24, 2.45) is 5.92 Å². The summed E-state index contributed by atoms with van der Waals surface area (Å²) in [6.07, 6.45) is 2.71. The van der Waals surface area contributed by atoms with Gasteiger partial charge in [-0.2, -0.15) is 0 Å². The highest BCUT2D eigenvalue weighted by atomic mass is 79.9. The van der Waals surface area contributed by atoms with Gasteiger partial charge in [-0.15, -0.1) is 12.4 Å². The molecule has 1 aromatic rings. The van der Waals surface area contributed by atoms with Crippen molar-refractivity contribution in [3.05, 3.63) is 34.3 Å². The lowest BCUT2D eigenvalue weighted by atomic mass is 10.1. The van der Waals surface area contributed by atoms with Crippen LogP contribution in [-0.4, -0.2) is 60.9 Å². The molecular formula is C18H25BrClN3O2. The van der Waals surface area contributed by atoms with E-state index < -0.39 is 0 Å². The van der Waals surface area contributed by atoms with E-state index in [-0.39, 0.29) is 30.3 Å². The molecule has 3 rings (SSSR count). The molecule has 2 atom stereocenters. The van der Waals surface area contributed by atoms with Crippen LogP contribution >= 0.6 is 28.3 Å². The minimum Gasteiger partial charge on any atom is -0.341 e. The molecular weight excluding hydrogens is 406 g/mol. The molecule has 2 aliphatic heterocycles. The monoisotopic (exact) mass is 429 g/mol. The second-order valence-corrected chi connectivity index (χ2v) is 7.58. The van der Waals surface area contributed by atoms with Crippen molar-refractivity contribution >= 4 is 40.2 Å². The maximum atomic E-state index is 12.9. The summed E-state index contributed by atoms with van der Waals surface area (Å²) in [5.74, 6) is 0.608. The van der Waals surface area contributed by atoms with Gasteiger partial charge in [0.25, 0.3) is 5.91 Å². The average Bonchev–Trinajstić information content (AvgIpc) is 3.24. The topological polar surface area (TPSA) is 52.7 Å². The molecule has 1 aromatic carbocycles. The normalized spacial score (nSPS) is 22.8. The van der Waals surface area contributed by atoms with Crippen molar-refractivity contribution in [3.63, 3.8) is 0 Å². The van der Waals surface area contributed by atoms with Crippen LogP contribution < -0.4 is 5.32 Å². The molecule has 5 nitrogen and oxygen atoms in total. The van der Waals surface area contributed by atoms with Gasteiger partial charge in [-0.25, -0.2) is 0 Å². The Labute approximate surface area is 163 Å². The van der Waals surface area contributed by atoms with Gasteiger partial charge < -0.3 is 15.1 Å². The lowest BCUT2D eigenvalue weighted by Gasteiger charge is -2.28. The van der Waals surface area contributed by atoms with Crippen molar-refractivity contribution in [2.45, 2.75) is 25.3 Å². The Morgan fingerprint density at radius 1 is 1.20 bits per heavy atom. The number of rotatable bonds is 4. The van der Waals surface area contributed by atoms with E-state index in [0.717, 1.165) is 43.4 Å². The predicted octanol–water partition coefficient (Wildman–Crippen LogP) is 2.54. The van der Waals surface area contributed by atoms with Crippen LogP contribution in [-0.2, 0) is 4.79 Å². The number of nitrogens with one attached hydrogen (secondary N) is 1. The maximum absolute atomic E-state index is 12.9. The highest BCUT2D eigenvalue weighted by molar-refractivity contribution is 9.10. The molecule has 138 valence electrons. The van der Waals surface area contributed by atoms with E-state index in [1.165, 1.54) is 0 Å². The summed E-state index contributed by atoms with van der Waals surface area (Å²) in [5, 5.41) is 3.19. The Balaban J connectivity index is 0.00000225. The largest absolute Gasteiger partial charge is 0.341 e. The van der Waals surface area contributed by atoms with Gasteiger partial charge in [0.1, 0.15) is 6.04 Å². The first kappa shape index (κ1) is 20.2. The first-order chi connectivity index (χ1) is 11.6. The lowest BCUT2D eigenvalue weighted by molar-refractivity contribution is -0.134. The second-order valence-electron chi connectivity index (χ2n) is 6.66. The van der Waals surface area contributed by atoms with Crippen LogP contribution in [0.25, 0.3) is 0 Å². The van der Waals surface area contributed by atoms with E-state index in [9.17, 15) is 9.59 Å². The number of carbonyl (C=O) groups excluding carboxylic acids is 2. The Bertz CT molecular complexity index is 611. The Kier molecular flexibility index (Phi) is 7.28. The van der Waals surface area contributed by atoms with Crippen molar-refractivity contribution in [1.29, 1.82) is 0 Å². The third-order valence-electron chi connectivity index (χ3n) is 4.98. The molecule has 2 heterocycles. The van der Waals surface area contributed by atoms with Crippen LogP contribution in [0.4, 0.5) is 0 Å². The minimum absolute atomic E-state index is 0. The van der Waals surface area contributed by atoms with Crippen molar-refractivity contribution in [3.8, 4) is 0 Å². The summed E-state index contributed by atoms with van der Waals surface area (Å²) in [6.45, 7) is 3.22. The van der Waals surface area contributed by atoms with Gasteiger partial charge in [0, 0.05) is 29.7 Å². The standard InChI is InChI=1S/C18H24BrN3O2.ClH/c1-20-11-13-8-10-21(12-13)18(24)16-3-2-9-22(16)17(23)14-4-6-15(19)7-5-14;/h4-7,13,16,20H,2-3,8-12H2,1H3;1H. The summed E-state index contributed by atoms with van der Waals surface area (Å²) in [6, 6.07) is 7.05. The van der Waals surface area contributed by atoms with Crippen LogP contribution in [0.5, 0.6) is 0 Å². The molecule has 1 N–H and O–H groups in total. The molecule has 2 amide bonds. The average molecular weight is 431 g/mol. The van der Waals surface area contributed by atoms with E-state index in [2.05, 4.69) is 21.2 Å². The predicted molar refractivity (Wildman–Crippen MR) is 104 cm³/mol. The number of hydrogen-bond acceptors (Lipinski definition) is 3. The number of likely N-dealkylation sites (tertiary alicyclic amines) is 2. The number of amides is 2. The van der Waals surface area contributed by atoms with Crippen LogP contribution in [0.2, 0.25) is 0 Å². The van der Waals surface area contributed by atoms with E-state index >= 15 is 0 Å². The van der Waals surface area contributed by atoms with Gasteiger partial charge in [-0.05, 0) is 63.0 Å². The summed E-state index contributed by atoms with van der Waals surface area (Å²) < 4.78 is 0.945. The quantitative estimate of drug-likeness (QED) is 0.799. The van der Waals surface area contributed by atoms with Gasteiger partial charge >= 0.3 is 0 Å². The fraction of sp³-hybridized carbons (Fsp3) is 0.556. The van der Waals surface area contributed by atoms with Crippen molar-refractivity contribution in [2.75, 3.05) is 33.2 Å². The van der Waals surface area contributed by atoms with Crippen molar-refractivity contribution < 1.29 is 9.59 Å². The molecule has 2 aliphatic rings. The molecule has 0 aliphatic carbocycles. The molecule has 0 bridgehead atoms. The summed E-state index contributed by atoms with van der Waals surface area (Å²) in [5.41, 5.74) is 0.646. The van der Waals surface area contributed by atoms with Gasteiger partial charge in [0.05, 0.1) is 0 Å². The Hall–Kier alpha value is -1.11. The molecule has 0 radical (unpaired) electrons. The first-order valence-electron chi connectivity index (χ1n) is 8.60. The number of benzene rings is 1. The van der Waals surface area contributed by atoms with Crippen LogP contribution in [0, 0.1) is 5.92 Å². The zero-order valence-corrected chi connectivity index (χ0v) is 16.8. The summed E-state index contributed by atoms with van der Waals surface area (Å²) >= 11 is 3.39. The lowest BCUT2D eigenvalue weighted by Crippen LogP contribution is -2.47. The summed E-state index contributed by atoms with van der Waals surface area (Å²) in [4.78, 5) is 29.4. The fourth-order valence-electron chi connectivity index (χ4n) is 3.72. The van der Waals surface area contributed by atoms with Crippen molar-refractivity contribution in [1.82, 2.24) is 15.1 Å². The van der Waals surface area contributed by atoms with Gasteiger partial charge in [-0.3, -0.25) is 9.59 Å². The molecule has 2 saturated heterocycles. The fourth-order valence-corrected chi connectivity index (χ4v) is 3.99. The Morgan fingerprint density at radius 3 is 2.60 bits per heavy atom. The molecule has 2 fully saturated rings. The first-order valence-corrected chi connectivity index (χ1v) is 9.39. The third-order valence-corrected chi connectivity index (χ3v) is 5.51. The zero-order chi connectivity index (χ0) is 17.1. The maximum Gasteiger partial charge on any atom is 0.254 e. The van der Waals surface area contributed by atoms with E-state index in [1.807, 2.05) is 36.2 Å². The van der Waals surface area contributed by atoms with E-state index in [1.54, 1.807) is 4.90 Å². The smallest absolute Gasteiger partial charge is 0.254 e. The SMILES string of the molecule is CNCC1CCN(C(=O)C2CCCN2C(=O)c2ccc(Br)cc2)C1.Cl. The van der Waals surface area contributed by atoms with Crippen LogP contribution in [0.15, 0.2) is 28.7 Å². The van der Waals surface area contributed by atoms with E-state index in [0.29, 0.717) is 18.0 Å². The van der Waals surface area contributed by atoms with E-state index in [4.69, 9.17) is 0 Å². The minimum atomic E-state index is -0.297. The number of hydrogen-bond donors (Lipinski definition) is 1. The number of nitrogens with zero attached hydrogens (tertiary/aromatic N) is 2. The molecule has 0 aromatic heterocycles. The Morgan fingerprint density at radius 2 is 1.92 bits per heavy atom. The van der Waals surface area contributed by atoms with Crippen LogP contribution in [0.3, 0.4) is 0 Å². The second kappa shape index (κ2) is 9.01. The zero-order valence-electron chi connectivity index (χ0n) is 14.4. The molecule has 25 heavy (non-hydrogen) atoms. The molecule has 0 spiro atoms. The van der Waals surface area contributed by atoms with Crippen LogP contribution in [0.1, 0.15) is 29.6 Å². The highest BCUT2D eigenvalue weighted by Crippen LogP contribution is 2.25. The van der Waals surface area contributed by atoms with Gasteiger partial charge in [0.15, 0.2) is 0 Å². The number of carbonyl (C=O) groups is 2. The van der Waals surface area contributed by atoms with Gasteiger partial charge in [-0.1, -0.05) is 15.9 Å². The molecule has 0 saturated carbocycles.